The standard InChI is InChI=1S/C17H16N6O3/c1-11-2-5-13(6-3-11)23-16(20-21-22-23)9-18-17(24)19-12-4-7-14-15(8-12)26-10-25-14/h2-8H,9-10H2,1H3,(H2,18,19,24). The number of nitrogens with zero attached hydrogens (tertiary/aromatic N) is 4. The Kier molecular flexibility index (Phi) is 4.10. The lowest BCUT2D eigenvalue weighted by Crippen LogP contribution is -2.29. The Morgan fingerprint density at radius 2 is 1.96 bits per heavy atom. The molecule has 1 aromatic heterocycles. The number of anilines is 1. The smallest absolute Gasteiger partial charge is 0.319 e. The number of tetrazole rings is 1. The van der Waals surface area contributed by atoms with E-state index in [1.807, 2.05) is 31.2 Å². The zero-order valence-electron chi connectivity index (χ0n) is 14.0. The Labute approximate surface area is 148 Å². The summed E-state index contributed by atoms with van der Waals surface area (Å²) in [5.41, 5.74) is 2.57. The van der Waals surface area contributed by atoms with E-state index in [9.17, 15) is 4.79 Å². The van der Waals surface area contributed by atoms with Crippen LogP contribution in [0.4, 0.5) is 10.5 Å². The maximum atomic E-state index is 12.1. The number of carbonyl (C=O) groups is 1. The van der Waals surface area contributed by atoms with Gasteiger partial charge in [0.05, 0.1) is 12.2 Å². The topological polar surface area (TPSA) is 103 Å². The Hall–Kier alpha value is -3.62. The van der Waals surface area contributed by atoms with Crippen molar-refractivity contribution in [1.29, 1.82) is 0 Å². The van der Waals surface area contributed by atoms with Gasteiger partial charge in [-0.25, -0.2) is 4.79 Å². The van der Waals surface area contributed by atoms with Crippen molar-refractivity contribution < 1.29 is 14.3 Å². The first-order valence-corrected chi connectivity index (χ1v) is 7.98. The van der Waals surface area contributed by atoms with Crippen molar-refractivity contribution in [2.75, 3.05) is 12.1 Å². The van der Waals surface area contributed by atoms with E-state index in [4.69, 9.17) is 9.47 Å². The van der Waals surface area contributed by atoms with Crippen LogP contribution in [0.2, 0.25) is 0 Å². The predicted molar refractivity (Wildman–Crippen MR) is 92.3 cm³/mol. The third-order valence-corrected chi connectivity index (χ3v) is 3.85. The number of benzene rings is 2. The minimum atomic E-state index is -0.373. The van der Waals surface area contributed by atoms with Gasteiger partial charge in [0.1, 0.15) is 0 Å². The van der Waals surface area contributed by atoms with Crippen LogP contribution in [-0.2, 0) is 6.54 Å². The molecule has 0 aliphatic carbocycles. The number of aromatic nitrogens is 4. The summed E-state index contributed by atoms with van der Waals surface area (Å²) in [7, 11) is 0. The zero-order valence-corrected chi connectivity index (χ0v) is 14.0. The average Bonchev–Trinajstić information content (AvgIpc) is 3.29. The largest absolute Gasteiger partial charge is 0.454 e. The molecule has 26 heavy (non-hydrogen) atoms. The normalized spacial score (nSPS) is 12.0. The van der Waals surface area contributed by atoms with Crippen LogP contribution in [0, 0.1) is 6.92 Å². The van der Waals surface area contributed by atoms with Crippen LogP contribution in [0.15, 0.2) is 42.5 Å². The van der Waals surface area contributed by atoms with Crippen molar-refractivity contribution in [2.45, 2.75) is 13.5 Å². The third-order valence-electron chi connectivity index (χ3n) is 3.85. The van der Waals surface area contributed by atoms with E-state index in [1.54, 1.807) is 22.9 Å². The van der Waals surface area contributed by atoms with Gasteiger partial charge in [-0.2, -0.15) is 4.68 Å². The molecular weight excluding hydrogens is 336 g/mol. The molecule has 0 atom stereocenters. The number of hydrogen-bond acceptors (Lipinski definition) is 6. The number of rotatable bonds is 4. The monoisotopic (exact) mass is 352 g/mol. The van der Waals surface area contributed by atoms with E-state index >= 15 is 0 Å². The van der Waals surface area contributed by atoms with E-state index in [1.165, 1.54) is 0 Å². The Bertz CT molecular complexity index is 938. The van der Waals surface area contributed by atoms with E-state index < -0.39 is 0 Å². The SMILES string of the molecule is Cc1ccc(-n2nnnc2CNC(=O)Nc2ccc3c(c2)OCO3)cc1. The summed E-state index contributed by atoms with van der Waals surface area (Å²) in [4.78, 5) is 12.1. The highest BCUT2D eigenvalue weighted by Crippen LogP contribution is 2.34. The van der Waals surface area contributed by atoms with Gasteiger partial charge in [-0.1, -0.05) is 17.7 Å². The average molecular weight is 352 g/mol. The molecule has 0 bridgehead atoms. The zero-order chi connectivity index (χ0) is 17.9. The molecule has 1 aliphatic rings. The van der Waals surface area contributed by atoms with Gasteiger partial charge in [0.15, 0.2) is 17.3 Å². The van der Waals surface area contributed by atoms with Crippen LogP contribution in [0.25, 0.3) is 5.69 Å². The molecule has 0 fully saturated rings. The number of ether oxygens (including phenoxy) is 2. The second-order valence-corrected chi connectivity index (χ2v) is 5.72. The number of hydrogen-bond donors (Lipinski definition) is 2. The number of carbonyl (C=O) groups excluding carboxylic acids is 1. The van der Waals surface area contributed by atoms with Crippen molar-refractivity contribution >= 4 is 11.7 Å². The van der Waals surface area contributed by atoms with Gasteiger partial charge in [0.2, 0.25) is 6.79 Å². The third kappa shape index (κ3) is 3.27. The molecule has 0 unspecified atom stereocenters. The first-order chi connectivity index (χ1) is 12.7. The molecule has 2 aromatic carbocycles. The molecule has 0 saturated carbocycles. The van der Waals surface area contributed by atoms with Crippen LogP contribution in [0.1, 0.15) is 11.4 Å². The fourth-order valence-electron chi connectivity index (χ4n) is 2.51. The van der Waals surface area contributed by atoms with Crippen molar-refractivity contribution in [3.8, 4) is 17.2 Å². The lowest BCUT2D eigenvalue weighted by molar-refractivity contribution is 0.174. The molecule has 9 heteroatoms. The maximum Gasteiger partial charge on any atom is 0.319 e. The predicted octanol–water partition coefficient (Wildman–Crippen LogP) is 2.02. The van der Waals surface area contributed by atoms with Crippen molar-refractivity contribution in [3.05, 3.63) is 53.9 Å². The fourth-order valence-corrected chi connectivity index (χ4v) is 2.51. The van der Waals surface area contributed by atoms with Gasteiger partial charge in [0, 0.05) is 11.8 Å². The van der Waals surface area contributed by atoms with Crippen LogP contribution >= 0.6 is 0 Å². The van der Waals surface area contributed by atoms with Crippen LogP contribution < -0.4 is 20.1 Å². The minimum absolute atomic E-state index is 0.178. The number of urea groups is 1. The highest BCUT2D eigenvalue weighted by molar-refractivity contribution is 5.89. The molecule has 9 nitrogen and oxygen atoms in total. The molecule has 4 rings (SSSR count). The highest BCUT2D eigenvalue weighted by Gasteiger charge is 2.14. The Morgan fingerprint density at radius 1 is 1.15 bits per heavy atom. The number of nitrogens with one attached hydrogen (secondary N) is 2. The molecule has 0 radical (unpaired) electrons. The van der Waals surface area contributed by atoms with Gasteiger partial charge in [-0.3, -0.25) is 0 Å². The first-order valence-electron chi connectivity index (χ1n) is 7.98. The molecule has 132 valence electrons. The van der Waals surface area contributed by atoms with Gasteiger partial charge in [-0.15, -0.1) is 5.10 Å². The summed E-state index contributed by atoms with van der Waals surface area (Å²) >= 11 is 0. The highest BCUT2D eigenvalue weighted by atomic mass is 16.7. The lowest BCUT2D eigenvalue weighted by atomic mass is 10.2. The quantitative estimate of drug-likeness (QED) is 0.745. The molecule has 2 N–H and O–H groups in total. The fraction of sp³-hybridized carbons (Fsp3) is 0.176. The molecule has 0 saturated heterocycles. The summed E-state index contributed by atoms with van der Waals surface area (Å²) in [6.45, 7) is 2.37. The van der Waals surface area contributed by atoms with Gasteiger partial charge in [-0.05, 0) is 41.6 Å². The van der Waals surface area contributed by atoms with Crippen LogP contribution in [0.5, 0.6) is 11.5 Å². The van der Waals surface area contributed by atoms with E-state index in [-0.39, 0.29) is 19.4 Å². The molecule has 1 aliphatic heterocycles. The molecule has 2 amide bonds. The van der Waals surface area contributed by atoms with E-state index in [2.05, 4.69) is 26.2 Å². The summed E-state index contributed by atoms with van der Waals surface area (Å²) in [6.07, 6.45) is 0. The second kappa shape index (κ2) is 6.71. The van der Waals surface area contributed by atoms with Crippen LogP contribution in [-0.4, -0.2) is 33.0 Å². The van der Waals surface area contributed by atoms with Crippen molar-refractivity contribution in [3.63, 3.8) is 0 Å². The van der Waals surface area contributed by atoms with Crippen molar-refractivity contribution in [1.82, 2.24) is 25.5 Å². The number of fused-ring (bicyclic) bond motifs is 1. The minimum Gasteiger partial charge on any atom is -0.454 e. The Morgan fingerprint density at radius 3 is 2.81 bits per heavy atom. The summed E-state index contributed by atoms with van der Waals surface area (Å²) < 4.78 is 12.1. The van der Waals surface area contributed by atoms with Crippen LogP contribution in [0.3, 0.4) is 0 Å². The van der Waals surface area contributed by atoms with Gasteiger partial charge < -0.3 is 20.1 Å². The summed E-state index contributed by atoms with van der Waals surface area (Å²) in [5, 5.41) is 17.1. The lowest BCUT2D eigenvalue weighted by Gasteiger charge is -2.09. The second-order valence-electron chi connectivity index (χ2n) is 5.72. The molecule has 2 heterocycles. The number of aryl methyl sites for hydroxylation is 1. The first kappa shape index (κ1) is 15.9. The van der Waals surface area contributed by atoms with E-state index in [0.29, 0.717) is 23.0 Å². The van der Waals surface area contributed by atoms with E-state index in [0.717, 1.165) is 11.3 Å². The maximum absolute atomic E-state index is 12.1. The van der Waals surface area contributed by atoms with Gasteiger partial charge >= 0.3 is 6.03 Å². The van der Waals surface area contributed by atoms with Gasteiger partial charge in [0.25, 0.3) is 0 Å². The summed E-state index contributed by atoms with van der Waals surface area (Å²) in [6, 6.07) is 12.6. The molecule has 3 aromatic rings. The molecular formula is C17H16N6O3. The Balaban J connectivity index is 1.39. The molecule has 0 spiro atoms. The summed E-state index contributed by atoms with van der Waals surface area (Å²) in [5.74, 6) is 1.79. The van der Waals surface area contributed by atoms with Crippen molar-refractivity contribution in [2.24, 2.45) is 0 Å². The number of amides is 2.